The molecule has 6 saturated carbocycles. The number of hydrogen-bond donors (Lipinski definition) is 6. The number of nitrogens with zero attached hydrogens (tertiary/aromatic N) is 5. The Balaban J connectivity index is 0.000000154. The largest absolute Gasteiger partial charge is 0.798 e. The number of pyridine rings is 3. The molecule has 6 aliphatic carbocycles. The van der Waals surface area contributed by atoms with Gasteiger partial charge >= 0.3 is 45.0 Å². The summed E-state index contributed by atoms with van der Waals surface area (Å²) in [5.41, 5.74) is -0.646. The Morgan fingerprint density at radius 2 is 0.920 bits per heavy atom. The second-order valence-corrected chi connectivity index (χ2v) is 31.8. The number of aromatic nitrogens is 3. The van der Waals surface area contributed by atoms with Crippen LogP contribution in [0.4, 0.5) is 69.0 Å². The van der Waals surface area contributed by atoms with E-state index in [0.29, 0.717) is 38.0 Å². The van der Waals surface area contributed by atoms with Crippen LogP contribution in [0.15, 0.2) is 51.2 Å². The molecular weight excluding hydrogens is 1520 g/mol. The monoisotopic (exact) mass is 1610 g/mol. The van der Waals surface area contributed by atoms with Crippen molar-refractivity contribution in [3.8, 4) is 17.2 Å². The average Bonchev–Trinajstić information content (AvgIpc) is 1.68. The zero-order chi connectivity index (χ0) is 82.8. The van der Waals surface area contributed by atoms with E-state index in [0.717, 1.165) is 101 Å². The van der Waals surface area contributed by atoms with Crippen molar-refractivity contribution < 1.29 is 115 Å². The highest BCUT2D eigenvalue weighted by molar-refractivity contribution is 6.38. The molecule has 6 aromatic rings. The van der Waals surface area contributed by atoms with E-state index in [1.807, 2.05) is 25.7 Å². The summed E-state index contributed by atoms with van der Waals surface area (Å²) in [4.78, 5) is 102. The maximum absolute atomic E-state index is 15.9. The first-order chi connectivity index (χ1) is 53.2. The van der Waals surface area contributed by atoms with E-state index >= 15 is 8.78 Å². The zero-order valence-corrected chi connectivity index (χ0v) is 63.5. The third kappa shape index (κ3) is 17.0. The van der Waals surface area contributed by atoms with E-state index in [9.17, 15) is 82.7 Å². The normalized spacial score (nSPS) is 26.0. The molecule has 15 rings (SSSR count). The number of nitrogens with one attached hydrogen (secondary N) is 3. The number of rotatable bonds is 15. The highest BCUT2D eigenvalue weighted by atomic mass is 19.2. The van der Waals surface area contributed by atoms with Gasteiger partial charge in [0, 0.05) is 95.7 Å². The summed E-state index contributed by atoms with van der Waals surface area (Å²) in [6, 6.07) is 0.151. The van der Waals surface area contributed by atoms with Gasteiger partial charge in [0.05, 0.1) is 83.2 Å². The fourth-order valence-corrected chi connectivity index (χ4v) is 16.9. The van der Waals surface area contributed by atoms with Crippen molar-refractivity contribution in [3.63, 3.8) is 0 Å². The second kappa shape index (κ2) is 32.4. The Morgan fingerprint density at radius 1 is 0.549 bits per heavy atom. The number of ether oxygens (including phenoxy) is 5. The Morgan fingerprint density at radius 3 is 1.34 bits per heavy atom. The molecule has 3 aliphatic heterocycles. The Labute approximate surface area is 640 Å². The van der Waals surface area contributed by atoms with E-state index in [1.165, 1.54) is 36.2 Å². The summed E-state index contributed by atoms with van der Waals surface area (Å²) in [6.07, 6.45) is 7.12. The molecule has 12 atom stereocenters. The molecular formula is C74H88B2F11N9O17. The number of carboxylic acids is 1. The number of hydrogen-bond acceptors (Lipinski definition) is 20. The zero-order valence-electron chi connectivity index (χ0n) is 63.5. The standard InChI is InChI=1S/C26H30BF4N3O6.C21H23F2N3O4.C14H9BF5NO4.C12H22N2O2.CH4O/c1-25(2,3)39-24(37)32-26-7-5-6-13(26)10-33(12-26)20-17(29)8-14-19(22(20)38-4)34(18-9-16(18)28)11-15(21(14)35)23(36)40-27(30)31;1-30-19-16-11(18(27)12(20(28)29)8-26(16)15-6-13(15)22)5-14(23)17(19)25-7-10-3-2-4-21(10,24)9-25;1-24-13-10(18)8(17)2-5-11(13)21(9-3-7(9)16)4-6(12(5)22)14(23)25-15(19)20;1-11(2,3)16-10(15)14-12-6-4-5-9(12)7-13-8-12;1-2/h8,11,13,16,18H,5-7,9-10,12H2,1-4H3,(H,32,37);5,8,10,13,15H,2-4,6-7,9,24H2,1H3,(H,28,29);2,4,7,9H,3H2,1H3;9,13H,4-8H2,1-3H3,(H,14,15);2H,1H3/t13?,16-,18+,26?;10?,13-,15+,21?;7-,9+;;/m000../s1. The molecule has 9 aliphatic rings. The number of aliphatic hydroxyl groups excluding tert-OH is 1. The lowest BCUT2D eigenvalue weighted by Crippen LogP contribution is -2.53. The molecule has 7 N–H and O–H groups in total. The smallest absolute Gasteiger partial charge is 0.492 e. The lowest BCUT2D eigenvalue weighted by atomic mass is 9.91. The first-order valence-electron chi connectivity index (χ1n) is 36.8. The van der Waals surface area contributed by atoms with Crippen LogP contribution in [0, 0.1) is 41.0 Å². The fraction of sp³-hybridized carbons (Fsp3) is 0.568. The molecule has 6 unspecified atom stereocenters. The first-order valence-corrected chi connectivity index (χ1v) is 36.8. The summed E-state index contributed by atoms with van der Waals surface area (Å²) >= 11 is 0. The van der Waals surface area contributed by atoms with Gasteiger partial charge in [0.2, 0.25) is 22.1 Å². The quantitative estimate of drug-likeness (QED) is 0.0411. The number of nitrogens with two attached hydrogens (primary N) is 1. The van der Waals surface area contributed by atoms with Gasteiger partial charge < -0.3 is 88.4 Å². The number of benzene rings is 3. The van der Waals surface area contributed by atoms with E-state index in [1.54, 1.807) is 25.7 Å². The molecule has 39 heteroatoms. The number of fused-ring (bicyclic) bond motifs is 6. The van der Waals surface area contributed by atoms with E-state index < -0.39 is 160 Å². The van der Waals surface area contributed by atoms with Crippen molar-refractivity contribution in [1.29, 1.82) is 0 Å². The van der Waals surface area contributed by atoms with Gasteiger partial charge in [-0.15, -0.1) is 0 Å². The van der Waals surface area contributed by atoms with Gasteiger partial charge in [0.15, 0.2) is 34.7 Å². The Bertz CT molecular complexity index is 4910. The summed E-state index contributed by atoms with van der Waals surface area (Å²) in [7, 11) is -2.30. The summed E-state index contributed by atoms with van der Waals surface area (Å²) in [5, 5.41) is 24.9. The highest BCUT2D eigenvalue weighted by Gasteiger charge is 2.54. The average molecular weight is 1610 g/mol. The lowest BCUT2D eigenvalue weighted by molar-refractivity contribution is 0.0437. The molecule has 2 amide bonds. The van der Waals surface area contributed by atoms with Crippen LogP contribution in [-0.4, -0.2) is 183 Å². The van der Waals surface area contributed by atoms with Gasteiger partial charge in [-0.1, -0.05) is 19.3 Å². The predicted octanol–water partition coefficient (Wildman–Crippen LogP) is 10.8. The number of aliphatic hydroxyl groups is 1. The van der Waals surface area contributed by atoms with E-state index in [4.69, 9.17) is 34.5 Å². The van der Waals surface area contributed by atoms with E-state index in [-0.39, 0.29) is 105 Å². The highest BCUT2D eigenvalue weighted by Crippen LogP contribution is 2.52. The second-order valence-electron chi connectivity index (χ2n) is 31.8. The number of methoxy groups -OCH3 is 3. The number of aromatic carboxylic acids is 1. The summed E-state index contributed by atoms with van der Waals surface area (Å²) in [6.45, 7) is 14.5. The van der Waals surface area contributed by atoms with Gasteiger partial charge in [-0.25, -0.2) is 67.6 Å². The number of alkyl halides is 3. The van der Waals surface area contributed by atoms with Crippen molar-refractivity contribution in [2.45, 2.75) is 183 Å². The van der Waals surface area contributed by atoms with Crippen molar-refractivity contribution in [2.75, 3.05) is 77.5 Å². The maximum Gasteiger partial charge on any atom is 0.798 e. The number of carbonyl (C=O) groups is 5. The Kier molecular flexibility index (Phi) is 24.2. The molecule has 0 bridgehead atoms. The van der Waals surface area contributed by atoms with Crippen molar-refractivity contribution >= 4 is 89.1 Å². The van der Waals surface area contributed by atoms with Gasteiger partial charge in [-0.05, 0) is 110 Å². The van der Waals surface area contributed by atoms with E-state index in [2.05, 4.69) is 25.3 Å². The molecule has 9 fully saturated rings. The molecule has 3 aromatic carbocycles. The van der Waals surface area contributed by atoms with Crippen LogP contribution < -0.4 is 62.0 Å². The number of alkyl carbamates (subject to hydrolysis) is 2. The van der Waals surface area contributed by atoms with Crippen LogP contribution in [0.2, 0.25) is 0 Å². The summed E-state index contributed by atoms with van der Waals surface area (Å²) < 4.78 is 189. The molecule has 614 valence electrons. The summed E-state index contributed by atoms with van der Waals surface area (Å²) in [5.74, 6) is -8.87. The SMILES string of the molecule is CC(C)(C)OC(=O)NC12CCCC1CNC2.CO.COc1c(F)c(F)cc2c(=O)c(C(=O)OB(F)F)cn([C@@H]3C[C@@H]3F)c12.COc1c(N2CC3CCCC3(N)C2)c(F)cc2c(=O)c(C(=O)O)cn([C@@H]3C[C@@H]3F)c12.COc1c(N2CC3CCCC3(NC(=O)OC(C)(C)C)C2)c(F)cc2c(=O)c(C(=O)OB(F)F)cn([C@@H]3C[C@@H]3F)c12. The van der Waals surface area contributed by atoms with Crippen LogP contribution >= 0.6 is 0 Å². The van der Waals surface area contributed by atoms with Gasteiger partial charge in [0.1, 0.15) is 57.8 Å². The van der Waals surface area contributed by atoms with Crippen LogP contribution in [0.1, 0.15) is 168 Å². The van der Waals surface area contributed by atoms with Crippen LogP contribution in [0.3, 0.4) is 0 Å². The molecule has 26 nitrogen and oxygen atoms in total. The number of carboxylic acid groups (broad SMARTS) is 1. The fourth-order valence-electron chi connectivity index (χ4n) is 16.9. The van der Waals surface area contributed by atoms with Crippen LogP contribution in [0.25, 0.3) is 32.7 Å². The predicted molar refractivity (Wildman–Crippen MR) is 392 cm³/mol. The minimum Gasteiger partial charge on any atom is -0.492 e. The third-order valence-electron chi connectivity index (χ3n) is 22.1. The maximum atomic E-state index is 15.9. The third-order valence-corrected chi connectivity index (χ3v) is 22.1. The first kappa shape index (κ1) is 84.4. The minimum atomic E-state index is -3.48. The number of halogens is 11. The molecule has 3 aromatic heterocycles. The molecule has 0 spiro atoms. The van der Waals surface area contributed by atoms with Crippen molar-refractivity contribution in [3.05, 3.63) is 107 Å². The lowest BCUT2D eigenvalue weighted by Gasteiger charge is -2.32. The Hall–Kier alpha value is -9.52. The molecule has 6 heterocycles. The molecule has 113 heavy (non-hydrogen) atoms. The minimum absolute atomic E-state index is 0.0105. The van der Waals surface area contributed by atoms with Crippen LogP contribution in [-0.2, 0) is 18.8 Å². The van der Waals surface area contributed by atoms with Crippen molar-refractivity contribution in [1.82, 2.24) is 29.7 Å². The van der Waals surface area contributed by atoms with Crippen molar-refractivity contribution in [2.24, 2.45) is 23.5 Å². The topological polar surface area (TPSA) is 325 Å². The van der Waals surface area contributed by atoms with Gasteiger partial charge in [-0.3, -0.25) is 14.4 Å². The van der Waals surface area contributed by atoms with Gasteiger partial charge in [0.25, 0.3) is 0 Å². The molecule has 0 radical (unpaired) electrons. The number of amides is 2. The number of anilines is 2. The molecule has 3 saturated heterocycles. The number of carbonyl (C=O) groups excluding carboxylic acids is 4. The van der Waals surface area contributed by atoms with Gasteiger partial charge in [-0.2, -0.15) is 4.39 Å². The van der Waals surface area contributed by atoms with Crippen LogP contribution in [0.5, 0.6) is 17.2 Å².